The largest absolute Gasteiger partial charge is 0.410 e. The lowest BCUT2D eigenvalue weighted by Gasteiger charge is -2.41. The molecule has 7 nitrogen and oxygen atoms in total. The molecule has 2 fully saturated rings. The number of primary amides is 1. The van der Waals surface area contributed by atoms with Crippen LogP contribution in [0.25, 0.3) is 0 Å². The Morgan fingerprint density at radius 3 is 2.66 bits per heavy atom. The molecule has 0 spiro atoms. The number of nitrogens with one attached hydrogen (secondary N) is 1. The van der Waals surface area contributed by atoms with Gasteiger partial charge < -0.3 is 15.8 Å². The van der Waals surface area contributed by atoms with Gasteiger partial charge in [-0.2, -0.15) is 5.26 Å². The summed E-state index contributed by atoms with van der Waals surface area (Å²) >= 11 is 0. The molecule has 1 aliphatic heterocycles. The fraction of sp³-hybridized carbons (Fsp3) is 0.545. The summed E-state index contributed by atoms with van der Waals surface area (Å²) in [4.78, 5) is 26.1. The lowest BCUT2D eigenvalue weighted by molar-refractivity contribution is -0.116. The highest BCUT2D eigenvalue weighted by Crippen LogP contribution is 2.35. The number of nitrogens with two attached hydrogens (primary N) is 1. The minimum atomic E-state index is -0.934. The molecule has 1 aliphatic carbocycles. The molecule has 1 radical (unpaired) electrons. The number of nitrogens with zero attached hydrogens (tertiary/aromatic N) is 2. The first kappa shape index (κ1) is 21.1. The van der Waals surface area contributed by atoms with Crippen molar-refractivity contribution in [1.82, 2.24) is 5.32 Å². The zero-order chi connectivity index (χ0) is 20.7. The van der Waals surface area contributed by atoms with Gasteiger partial charge in [0.15, 0.2) is 0 Å². The Kier molecular flexibility index (Phi) is 7.10. The number of benzene rings is 1. The standard InChI is InChI=1S/C22H29N4O3/c23-16-22(11-13-25-14-12-22)26(18-7-4-8-19(15-18)29-21(24)28)20(27)10-9-17-5-2-1-3-6-17/h4,7-8,10,15,17,25H,1-3,5-6,9,11-14H2,(H2,24,28). The number of nitriles is 1. The molecule has 29 heavy (non-hydrogen) atoms. The number of ether oxygens (including phenoxy) is 1. The fourth-order valence-corrected chi connectivity index (χ4v) is 4.39. The van der Waals surface area contributed by atoms with Gasteiger partial charge in [0.1, 0.15) is 11.3 Å². The lowest BCUT2D eigenvalue weighted by atomic mass is 9.84. The van der Waals surface area contributed by atoms with Gasteiger partial charge >= 0.3 is 6.09 Å². The van der Waals surface area contributed by atoms with Crippen LogP contribution in [-0.4, -0.2) is 30.6 Å². The van der Waals surface area contributed by atoms with Gasteiger partial charge in [-0.15, -0.1) is 0 Å². The molecule has 2 amide bonds. The summed E-state index contributed by atoms with van der Waals surface area (Å²) in [5.74, 6) is 0.613. The van der Waals surface area contributed by atoms with Gasteiger partial charge in [0, 0.05) is 11.8 Å². The summed E-state index contributed by atoms with van der Waals surface area (Å²) in [5.41, 5.74) is 4.73. The smallest absolute Gasteiger partial charge is 0.409 e. The molecular weight excluding hydrogens is 368 g/mol. The van der Waals surface area contributed by atoms with E-state index in [9.17, 15) is 14.9 Å². The first-order chi connectivity index (χ1) is 14.0. The van der Waals surface area contributed by atoms with Crippen LogP contribution in [0.3, 0.4) is 0 Å². The quantitative estimate of drug-likeness (QED) is 0.766. The van der Waals surface area contributed by atoms with Crippen LogP contribution in [0.4, 0.5) is 10.5 Å². The molecule has 1 aromatic rings. The monoisotopic (exact) mass is 397 g/mol. The van der Waals surface area contributed by atoms with E-state index in [1.54, 1.807) is 35.6 Å². The predicted octanol–water partition coefficient (Wildman–Crippen LogP) is 3.30. The molecule has 0 atom stereocenters. The Balaban J connectivity index is 1.86. The van der Waals surface area contributed by atoms with Crippen molar-refractivity contribution in [2.75, 3.05) is 18.0 Å². The fourth-order valence-electron chi connectivity index (χ4n) is 4.39. The molecule has 2 aliphatic rings. The van der Waals surface area contributed by atoms with Crippen LogP contribution >= 0.6 is 0 Å². The molecular formula is C22H29N4O3. The molecule has 1 heterocycles. The Bertz CT molecular complexity index is 762. The first-order valence-electron chi connectivity index (χ1n) is 10.4. The van der Waals surface area contributed by atoms with Crippen LogP contribution in [0.2, 0.25) is 0 Å². The van der Waals surface area contributed by atoms with Gasteiger partial charge in [-0.05, 0) is 50.4 Å². The van der Waals surface area contributed by atoms with Crippen LogP contribution < -0.4 is 20.7 Å². The zero-order valence-corrected chi connectivity index (χ0v) is 16.7. The van der Waals surface area contributed by atoms with Crippen LogP contribution in [0, 0.1) is 23.7 Å². The van der Waals surface area contributed by atoms with E-state index in [0.717, 1.165) is 19.3 Å². The Morgan fingerprint density at radius 2 is 2.00 bits per heavy atom. The molecule has 7 heteroatoms. The molecule has 0 aromatic heterocycles. The average Bonchev–Trinajstić information content (AvgIpc) is 2.74. The van der Waals surface area contributed by atoms with E-state index in [0.29, 0.717) is 37.5 Å². The molecule has 3 N–H and O–H groups in total. The molecule has 1 saturated heterocycles. The number of amides is 2. The number of carbonyl (C=O) groups is 2. The van der Waals surface area contributed by atoms with Crippen LogP contribution in [-0.2, 0) is 4.79 Å². The van der Waals surface area contributed by atoms with Crippen LogP contribution in [0.15, 0.2) is 24.3 Å². The van der Waals surface area contributed by atoms with Gasteiger partial charge in [-0.1, -0.05) is 38.2 Å². The number of piperidine rings is 1. The van der Waals surface area contributed by atoms with Gasteiger partial charge in [0.2, 0.25) is 5.91 Å². The van der Waals surface area contributed by atoms with E-state index in [1.165, 1.54) is 19.3 Å². The minimum absolute atomic E-state index is 0.171. The summed E-state index contributed by atoms with van der Waals surface area (Å²) in [7, 11) is 0. The average molecular weight is 397 g/mol. The highest BCUT2D eigenvalue weighted by Gasteiger charge is 2.42. The van der Waals surface area contributed by atoms with E-state index < -0.39 is 11.6 Å². The topological polar surface area (TPSA) is 108 Å². The maximum Gasteiger partial charge on any atom is 0.409 e. The summed E-state index contributed by atoms with van der Waals surface area (Å²) in [5, 5.41) is 13.3. The normalized spacial score (nSPS) is 19.1. The number of hydrogen-bond donors (Lipinski definition) is 2. The number of rotatable bonds is 6. The Labute approximate surface area is 172 Å². The zero-order valence-electron chi connectivity index (χ0n) is 16.7. The van der Waals surface area contributed by atoms with Crippen molar-refractivity contribution in [1.29, 1.82) is 5.26 Å². The van der Waals surface area contributed by atoms with Crippen molar-refractivity contribution in [3.05, 3.63) is 30.7 Å². The summed E-state index contributed by atoms with van der Waals surface area (Å²) in [6.45, 7) is 1.33. The molecule has 0 bridgehead atoms. The second kappa shape index (κ2) is 9.75. The molecule has 1 aromatic carbocycles. The predicted molar refractivity (Wildman–Crippen MR) is 110 cm³/mol. The molecule has 1 saturated carbocycles. The summed E-state index contributed by atoms with van der Waals surface area (Å²) in [6, 6.07) is 9.07. The van der Waals surface area contributed by atoms with Crippen molar-refractivity contribution in [2.45, 2.75) is 56.9 Å². The van der Waals surface area contributed by atoms with E-state index in [-0.39, 0.29) is 11.7 Å². The van der Waals surface area contributed by atoms with Gasteiger partial charge in [0.05, 0.1) is 12.5 Å². The lowest BCUT2D eigenvalue weighted by Crippen LogP contribution is -2.56. The molecule has 0 unspecified atom stereocenters. The Morgan fingerprint density at radius 1 is 1.28 bits per heavy atom. The number of hydrogen-bond acceptors (Lipinski definition) is 5. The number of carbonyl (C=O) groups excluding carboxylic acids is 2. The number of anilines is 1. The minimum Gasteiger partial charge on any atom is -0.410 e. The third-order valence-corrected chi connectivity index (χ3v) is 5.93. The van der Waals surface area contributed by atoms with E-state index in [1.807, 2.05) is 0 Å². The maximum absolute atomic E-state index is 13.3. The second-order valence-electron chi connectivity index (χ2n) is 7.93. The van der Waals surface area contributed by atoms with Gasteiger partial charge in [-0.25, -0.2) is 4.79 Å². The van der Waals surface area contributed by atoms with E-state index in [2.05, 4.69) is 11.4 Å². The molecule has 3 rings (SSSR count). The van der Waals surface area contributed by atoms with Crippen molar-refractivity contribution < 1.29 is 14.3 Å². The summed E-state index contributed by atoms with van der Waals surface area (Å²) < 4.78 is 4.99. The molecule has 155 valence electrons. The third-order valence-electron chi connectivity index (χ3n) is 5.93. The van der Waals surface area contributed by atoms with Gasteiger partial charge in [-0.3, -0.25) is 9.69 Å². The highest BCUT2D eigenvalue weighted by molar-refractivity contribution is 6.01. The van der Waals surface area contributed by atoms with Crippen molar-refractivity contribution in [3.63, 3.8) is 0 Å². The highest BCUT2D eigenvalue weighted by atomic mass is 16.5. The Hall–Kier alpha value is -2.59. The van der Waals surface area contributed by atoms with Gasteiger partial charge in [0.25, 0.3) is 0 Å². The van der Waals surface area contributed by atoms with Crippen molar-refractivity contribution in [3.8, 4) is 11.8 Å². The maximum atomic E-state index is 13.3. The SMILES string of the molecule is N#CC1(N(C(=O)[CH]CC2CCCCC2)c2cccc(OC(N)=O)c2)CCNCC1. The van der Waals surface area contributed by atoms with Crippen LogP contribution in [0.1, 0.15) is 51.4 Å². The van der Waals surface area contributed by atoms with E-state index in [4.69, 9.17) is 10.5 Å². The van der Waals surface area contributed by atoms with Crippen LogP contribution in [0.5, 0.6) is 5.75 Å². The third kappa shape index (κ3) is 5.27. The second-order valence-corrected chi connectivity index (χ2v) is 7.93. The van der Waals surface area contributed by atoms with Crippen molar-refractivity contribution in [2.24, 2.45) is 11.7 Å². The first-order valence-corrected chi connectivity index (χ1v) is 10.4. The van der Waals surface area contributed by atoms with E-state index >= 15 is 0 Å². The summed E-state index contributed by atoms with van der Waals surface area (Å²) in [6.07, 6.45) is 8.63. The van der Waals surface area contributed by atoms with Crippen molar-refractivity contribution >= 4 is 17.7 Å².